The van der Waals surface area contributed by atoms with Gasteiger partial charge in [0.15, 0.2) is 5.52 Å². The third kappa shape index (κ3) is 4.04. The van der Waals surface area contributed by atoms with Crippen LogP contribution in [-0.4, -0.2) is 45.9 Å². The minimum atomic E-state index is -0.373. The van der Waals surface area contributed by atoms with E-state index in [9.17, 15) is 14.4 Å². The number of aromatic nitrogens is 3. The van der Waals surface area contributed by atoms with Crippen LogP contribution in [0.15, 0.2) is 35.4 Å². The van der Waals surface area contributed by atoms with Crippen molar-refractivity contribution in [1.82, 2.24) is 14.3 Å². The molecule has 0 aliphatic carbocycles. The zero-order valence-electron chi connectivity index (χ0n) is 16.4. The molecule has 1 fully saturated rings. The molecule has 156 valence electrons. The lowest BCUT2D eigenvalue weighted by molar-refractivity contribution is -0.148. The second kappa shape index (κ2) is 8.62. The van der Waals surface area contributed by atoms with E-state index in [4.69, 9.17) is 4.74 Å². The average molecular weight is 427 g/mol. The molecule has 9 nitrogen and oxygen atoms in total. The summed E-state index contributed by atoms with van der Waals surface area (Å²) in [6.45, 7) is 3.70. The molecule has 0 unspecified atom stereocenters. The van der Waals surface area contributed by atoms with Gasteiger partial charge < -0.3 is 19.9 Å². The predicted molar refractivity (Wildman–Crippen MR) is 114 cm³/mol. The van der Waals surface area contributed by atoms with Gasteiger partial charge in [-0.3, -0.25) is 14.4 Å². The number of rotatable bonds is 5. The normalized spacial score (nSPS) is 16.4. The maximum absolute atomic E-state index is 12.6. The highest BCUT2D eigenvalue weighted by Crippen LogP contribution is 2.26. The summed E-state index contributed by atoms with van der Waals surface area (Å²) in [6.07, 6.45) is 3.02. The number of carbonyl (C=O) groups is 2. The number of anilines is 2. The van der Waals surface area contributed by atoms with E-state index in [0.717, 1.165) is 36.6 Å². The number of carbonyl (C=O) groups excluding carboxylic acids is 2. The number of benzene rings is 1. The summed E-state index contributed by atoms with van der Waals surface area (Å²) in [5.74, 6) is -0.627. The Kier molecular flexibility index (Phi) is 5.75. The summed E-state index contributed by atoms with van der Waals surface area (Å²) in [4.78, 5) is 45.4. The minimum Gasteiger partial charge on any atom is -0.466 e. The van der Waals surface area contributed by atoms with E-state index in [2.05, 4.69) is 24.6 Å². The summed E-state index contributed by atoms with van der Waals surface area (Å²) in [5.41, 5.74) is 1.68. The summed E-state index contributed by atoms with van der Waals surface area (Å²) in [6, 6.07) is 7.45. The molecule has 3 aromatic rings. The van der Waals surface area contributed by atoms with E-state index < -0.39 is 0 Å². The number of hydrogen-bond acceptors (Lipinski definition) is 8. The minimum absolute atomic E-state index is 0.117. The smallest absolute Gasteiger partial charge is 0.310 e. The van der Waals surface area contributed by atoms with Gasteiger partial charge in [0.05, 0.1) is 18.9 Å². The van der Waals surface area contributed by atoms with Crippen LogP contribution in [-0.2, 0) is 9.53 Å². The molecule has 0 spiro atoms. The average Bonchev–Trinajstić information content (AvgIpc) is 3.20. The molecule has 2 N–H and O–H groups in total. The molecule has 30 heavy (non-hydrogen) atoms. The van der Waals surface area contributed by atoms with Gasteiger partial charge in [-0.25, -0.2) is 4.98 Å². The summed E-state index contributed by atoms with van der Waals surface area (Å²) in [7, 11) is 0. The molecule has 4 rings (SSSR count). The second-order valence-electron chi connectivity index (χ2n) is 6.98. The molecule has 3 heterocycles. The monoisotopic (exact) mass is 427 g/mol. The van der Waals surface area contributed by atoms with Crippen LogP contribution in [0, 0.1) is 5.92 Å². The number of fused-ring (bicyclic) bond motifs is 1. The summed E-state index contributed by atoms with van der Waals surface area (Å²) < 4.78 is 9.18. The first-order valence-electron chi connectivity index (χ1n) is 9.73. The van der Waals surface area contributed by atoms with Gasteiger partial charge in [0.1, 0.15) is 10.4 Å². The number of nitrogens with one attached hydrogen (secondary N) is 2. The zero-order valence-corrected chi connectivity index (χ0v) is 17.2. The molecule has 0 bridgehead atoms. The largest absolute Gasteiger partial charge is 0.466 e. The molecule has 0 saturated carbocycles. The van der Waals surface area contributed by atoms with Crippen LogP contribution < -0.4 is 15.8 Å². The Hall–Kier alpha value is -3.27. The number of hydrogen-bond donors (Lipinski definition) is 2. The Morgan fingerprint density at radius 2 is 2.10 bits per heavy atom. The van der Waals surface area contributed by atoms with Crippen LogP contribution in [0.1, 0.15) is 29.4 Å². The maximum Gasteiger partial charge on any atom is 0.310 e. The first kappa shape index (κ1) is 20.0. The van der Waals surface area contributed by atoms with Crippen molar-refractivity contribution in [3.63, 3.8) is 0 Å². The zero-order chi connectivity index (χ0) is 21.1. The quantitative estimate of drug-likeness (QED) is 0.601. The molecule has 1 atom stereocenters. The lowest BCUT2D eigenvalue weighted by Crippen LogP contribution is -2.39. The predicted octanol–water partition coefficient (Wildman–Crippen LogP) is 2.41. The molecule has 10 heteroatoms. The molecule has 1 aromatic carbocycles. The Bertz CT molecular complexity index is 1120. The van der Waals surface area contributed by atoms with Crippen molar-refractivity contribution in [3.8, 4) is 0 Å². The Balaban J connectivity index is 1.44. The first-order chi connectivity index (χ1) is 14.6. The third-order valence-electron chi connectivity index (χ3n) is 5.01. The number of amides is 1. The first-order valence-corrected chi connectivity index (χ1v) is 10.5. The van der Waals surface area contributed by atoms with Crippen molar-refractivity contribution in [2.75, 3.05) is 29.9 Å². The highest BCUT2D eigenvalue weighted by atomic mass is 32.1. The number of H-pyrrole nitrogens is 1. The second-order valence-corrected chi connectivity index (χ2v) is 7.75. The Labute approximate surface area is 176 Å². The van der Waals surface area contributed by atoms with Crippen molar-refractivity contribution in [3.05, 3.63) is 45.8 Å². The number of esters is 1. The van der Waals surface area contributed by atoms with E-state index in [0.29, 0.717) is 18.8 Å². The van der Waals surface area contributed by atoms with Crippen molar-refractivity contribution in [2.24, 2.45) is 5.92 Å². The molecule has 1 saturated heterocycles. The van der Waals surface area contributed by atoms with Gasteiger partial charge in [-0.1, -0.05) is 0 Å². The van der Waals surface area contributed by atoms with E-state index in [1.165, 1.54) is 6.33 Å². The fraction of sp³-hybridized carbons (Fsp3) is 0.350. The van der Waals surface area contributed by atoms with Crippen molar-refractivity contribution in [1.29, 1.82) is 0 Å². The van der Waals surface area contributed by atoms with Crippen LogP contribution in [0.5, 0.6) is 0 Å². The Morgan fingerprint density at radius 3 is 2.87 bits per heavy atom. The lowest BCUT2D eigenvalue weighted by Gasteiger charge is -2.33. The molecule has 1 aliphatic rings. The number of aromatic amines is 1. The van der Waals surface area contributed by atoms with Crippen LogP contribution in [0.2, 0.25) is 0 Å². The van der Waals surface area contributed by atoms with E-state index in [-0.39, 0.29) is 39.3 Å². The van der Waals surface area contributed by atoms with Crippen LogP contribution in [0.25, 0.3) is 11.0 Å². The molecule has 1 aliphatic heterocycles. The highest BCUT2D eigenvalue weighted by molar-refractivity contribution is 7.09. The van der Waals surface area contributed by atoms with Gasteiger partial charge in [-0.15, -0.1) is 0 Å². The molecule has 0 radical (unpaired) electrons. The van der Waals surface area contributed by atoms with Gasteiger partial charge >= 0.3 is 5.97 Å². The van der Waals surface area contributed by atoms with Gasteiger partial charge in [0, 0.05) is 24.5 Å². The highest BCUT2D eigenvalue weighted by Gasteiger charge is 2.27. The lowest BCUT2D eigenvalue weighted by atomic mass is 9.97. The fourth-order valence-electron chi connectivity index (χ4n) is 3.53. The molecular weight excluding hydrogens is 406 g/mol. The van der Waals surface area contributed by atoms with Gasteiger partial charge in [-0.2, -0.15) is 4.37 Å². The van der Waals surface area contributed by atoms with E-state index in [1.54, 1.807) is 0 Å². The summed E-state index contributed by atoms with van der Waals surface area (Å²) in [5, 5.41) is 2.82. The van der Waals surface area contributed by atoms with Crippen LogP contribution >= 0.6 is 11.5 Å². The number of ether oxygens (including phenoxy) is 1. The van der Waals surface area contributed by atoms with E-state index in [1.807, 2.05) is 31.2 Å². The fourth-order valence-corrected chi connectivity index (χ4v) is 4.26. The Morgan fingerprint density at radius 1 is 1.30 bits per heavy atom. The van der Waals surface area contributed by atoms with E-state index >= 15 is 0 Å². The van der Waals surface area contributed by atoms with Gasteiger partial charge in [0.25, 0.3) is 11.5 Å². The standard InChI is InChI=1S/C20H21N5O4S/c1-2-29-20(28)12-4-3-9-25(10-12)14-7-5-13(6-8-14)23-19(27)17-15-16(24-30-17)18(26)22-11-21-15/h5-8,11-12H,2-4,9-10H2,1H3,(H,23,27)(H,21,22,26)/t12-/m0/s1. The summed E-state index contributed by atoms with van der Waals surface area (Å²) >= 11 is 0.941. The van der Waals surface area contributed by atoms with Crippen molar-refractivity contribution >= 4 is 45.8 Å². The molecule has 1 amide bonds. The van der Waals surface area contributed by atoms with Gasteiger partial charge in [-0.05, 0) is 55.6 Å². The van der Waals surface area contributed by atoms with Crippen LogP contribution in [0.3, 0.4) is 0 Å². The third-order valence-corrected chi connectivity index (χ3v) is 5.85. The number of piperidine rings is 1. The molecule has 2 aromatic heterocycles. The van der Waals surface area contributed by atoms with Gasteiger partial charge in [0.2, 0.25) is 0 Å². The SMILES string of the molecule is CCOC(=O)[C@H]1CCCN(c2ccc(NC(=O)c3snc4c(=O)[nH]cnc34)cc2)C1. The van der Waals surface area contributed by atoms with Crippen molar-refractivity contribution in [2.45, 2.75) is 19.8 Å². The van der Waals surface area contributed by atoms with Crippen LogP contribution in [0.4, 0.5) is 11.4 Å². The molecular formula is C20H21N5O4S. The van der Waals surface area contributed by atoms with Crippen molar-refractivity contribution < 1.29 is 14.3 Å². The topological polar surface area (TPSA) is 117 Å². The number of nitrogens with zero attached hydrogens (tertiary/aromatic N) is 3. The maximum atomic E-state index is 12.6.